The van der Waals surface area contributed by atoms with Gasteiger partial charge in [-0.3, -0.25) is 9.69 Å². The second-order valence-corrected chi connectivity index (χ2v) is 4.45. The smallest absolute Gasteiger partial charge is 0.230 e. The molecular weight excluding hydrogens is 246 g/mol. The first-order chi connectivity index (χ1) is 6.59. The molecule has 5 heteroatoms. The van der Waals surface area contributed by atoms with E-state index in [2.05, 4.69) is 21.0 Å². The van der Waals surface area contributed by atoms with Gasteiger partial charge in [0, 0.05) is 25.6 Å². The van der Waals surface area contributed by atoms with Crippen LogP contribution in [0.1, 0.15) is 13.3 Å². The first-order valence-corrected chi connectivity index (χ1v) is 5.40. The van der Waals surface area contributed by atoms with Gasteiger partial charge < -0.3 is 0 Å². The number of nitrogens with zero attached hydrogens (tertiary/aromatic N) is 3. The molecule has 2 rings (SSSR count). The maximum Gasteiger partial charge on any atom is 0.230 e. The summed E-state index contributed by atoms with van der Waals surface area (Å²) >= 11 is 3.31. The quantitative estimate of drug-likeness (QED) is 0.709. The molecule has 0 aromatic carbocycles. The van der Waals surface area contributed by atoms with E-state index >= 15 is 0 Å². The van der Waals surface area contributed by atoms with Crippen LogP contribution in [0.5, 0.6) is 0 Å². The van der Waals surface area contributed by atoms with Gasteiger partial charge in [0.25, 0.3) is 0 Å². The number of rotatable bonds is 0. The van der Waals surface area contributed by atoms with Crippen LogP contribution >= 0.6 is 15.9 Å². The van der Waals surface area contributed by atoms with E-state index in [9.17, 15) is 4.79 Å². The zero-order valence-corrected chi connectivity index (χ0v) is 9.78. The van der Waals surface area contributed by atoms with Crippen LogP contribution in [-0.2, 0) is 11.3 Å². The van der Waals surface area contributed by atoms with Gasteiger partial charge >= 0.3 is 0 Å². The van der Waals surface area contributed by atoms with Crippen LogP contribution in [0.3, 0.4) is 0 Å². The van der Waals surface area contributed by atoms with Crippen LogP contribution in [0.4, 0.5) is 5.82 Å². The number of hydrogen-bond donors (Lipinski definition) is 0. The van der Waals surface area contributed by atoms with E-state index in [0.717, 1.165) is 23.4 Å². The molecular formula is C9H12BrN3O. The number of amides is 1. The highest BCUT2D eigenvalue weighted by Gasteiger charge is 2.25. The number of halogens is 1. The summed E-state index contributed by atoms with van der Waals surface area (Å²) in [6.07, 6.45) is 0.851. The molecule has 1 aliphatic heterocycles. The predicted molar refractivity (Wildman–Crippen MR) is 57.1 cm³/mol. The zero-order chi connectivity index (χ0) is 10.3. The SMILES string of the molecule is CC1CCn2nc(Br)cc2N(C)C1=O. The largest absolute Gasteiger partial charge is 0.300 e. The Balaban J connectivity index is 2.43. The van der Waals surface area contributed by atoms with Crippen LogP contribution in [0.2, 0.25) is 0 Å². The van der Waals surface area contributed by atoms with Crippen LogP contribution in [-0.4, -0.2) is 22.7 Å². The van der Waals surface area contributed by atoms with Crippen molar-refractivity contribution in [1.29, 1.82) is 0 Å². The van der Waals surface area contributed by atoms with Crippen LogP contribution in [0.25, 0.3) is 0 Å². The van der Waals surface area contributed by atoms with E-state index in [0.29, 0.717) is 0 Å². The van der Waals surface area contributed by atoms with Gasteiger partial charge in [-0.1, -0.05) is 6.92 Å². The average molecular weight is 258 g/mol. The molecule has 0 N–H and O–H groups in total. The summed E-state index contributed by atoms with van der Waals surface area (Å²) in [5.74, 6) is 1.11. The molecule has 0 fully saturated rings. The number of hydrogen-bond acceptors (Lipinski definition) is 2. The van der Waals surface area contributed by atoms with Crippen LogP contribution in [0.15, 0.2) is 10.7 Å². The Kier molecular flexibility index (Phi) is 2.34. The van der Waals surface area contributed by atoms with E-state index in [-0.39, 0.29) is 11.8 Å². The summed E-state index contributed by atoms with van der Waals surface area (Å²) in [5, 5.41) is 4.27. The normalized spacial score (nSPS) is 22.1. The van der Waals surface area contributed by atoms with Gasteiger partial charge in [-0.05, 0) is 22.4 Å². The van der Waals surface area contributed by atoms with Gasteiger partial charge in [-0.15, -0.1) is 0 Å². The highest BCUT2D eigenvalue weighted by atomic mass is 79.9. The molecule has 1 unspecified atom stereocenters. The first kappa shape index (κ1) is 9.71. The first-order valence-electron chi connectivity index (χ1n) is 4.60. The lowest BCUT2D eigenvalue weighted by Gasteiger charge is -2.16. The van der Waals surface area contributed by atoms with Crippen molar-refractivity contribution in [3.8, 4) is 0 Å². The molecule has 0 bridgehead atoms. The molecule has 4 nitrogen and oxygen atoms in total. The molecule has 1 aliphatic rings. The number of fused-ring (bicyclic) bond motifs is 1. The van der Waals surface area contributed by atoms with E-state index < -0.39 is 0 Å². The standard InChI is InChI=1S/C9H12BrN3O/c1-6-3-4-13-8(5-7(10)11-13)12(2)9(6)14/h5-6H,3-4H2,1-2H3. The molecule has 1 aromatic rings. The number of anilines is 1. The lowest BCUT2D eigenvalue weighted by Crippen LogP contribution is -2.30. The Morgan fingerprint density at radius 3 is 3.07 bits per heavy atom. The number of aromatic nitrogens is 2. The van der Waals surface area contributed by atoms with E-state index in [1.807, 2.05) is 17.7 Å². The maximum absolute atomic E-state index is 11.8. The summed E-state index contributed by atoms with van der Waals surface area (Å²) in [6.45, 7) is 2.76. The zero-order valence-electron chi connectivity index (χ0n) is 8.20. The van der Waals surface area contributed by atoms with Crippen molar-refractivity contribution < 1.29 is 4.79 Å². The van der Waals surface area contributed by atoms with Crippen molar-refractivity contribution in [3.63, 3.8) is 0 Å². The number of aryl methyl sites for hydroxylation is 1. The molecule has 0 saturated heterocycles. The fourth-order valence-corrected chi connectivity index (χ4v) is 2.09. The lowest BCUT2D eigenvalue weighted by molar-refractivity contribution is -0.121. The fraction of sp³-hybridized carbons (Fsp3) is 0.556. The van der Waals surface area contributed by atoms with E-state index in [1.165, 1.54) is 0 Å². The molecule has 2 heterocycles. The van der Waals surface area contributed by atoms with Crippen LogP contribution in [0, 0.1) is 5.92 Å². The third-order valence-corrected chi connectivity index (χ3v) is 2.99. The van der Waals surface area contributed by atoms with Crippen molar-refractivity contribution >= 4 is 27.7 Å². The number of carbonyl (C=O) groups excluding carboxylic acids is 1. The fourth-order valence-electron chi connectivity index (χ4n) is 1.69. The molecule has 14 heavy (non-hydrogen) atoms. The summed E-state index contributed by atoms with van der Waals surface area (Å²) in [4.78, 5) is 13.5. The molecule has 0 aliphatic carbocycles. The highest BCUT2D eigenvalue weighted by molar-refractivity contribution is 9.10. The van der Waals surface area contributed by atoms with Crippen molar-refractivity contribution in [2.75, 3.05) is 11.9 Å². The third kappa shape index (κ3) is 1.45. The minimum absolute atomic E-state index is 0.0838. The van der Waals surface area contributed by atoms with Crippen molar-refractivity contribution in [2.45, 2.75) is 19.9 Å². The van der Waals surface area contributed by atoms with Crippen molar-refractivity contribution in [1.82, 2.24) is 9.78 Å². The van der Waals surface area contributed by atoms with Gasteiger partial charge in [0.1, 0.15) is 10.4 Å². The Labute approximate surface area is 91.0 Å². The summed E-state index contributed by atoms with van der Waals surface area (Å²) in [7, 11) is 1.80. The third-order valence-electron chi connectivity index (χ3n) is 2.60. The Hall–Kier alpha value is -0.840. The molecule has 0 saturated carbocycles. The Morgan fingerprint density at radius 1 is 1.64 bits per heavy atom. The topological polar surface area (TPSA) is 38.1 Å². The monoisotopic (exact) mass is 257 g/mol. The summed E-state index contributed by atoms with van der Waals surface area (Å²) in [5.41, 5.74) is 0. The van der Waals surface area contributed by atoms with Crippen molar-refractivity contribution in [3.05, 3.63) is 10.7 Å². The van der Waals surface area contributed by atoms with Gasteiger partial charge in [-0.25, -0.2) is 4.68 Å². The van der Waals surface area contributed by atoms with Crippen molar-refractivity contribution in [2.24, 2.45) is 5.92 Å². The van der Waals surface area contributed by atoms with Gasteiger partial charge in [0.15, 0.2) is 0 Å². The molecule has 1 amide bonds. The summed E-state index contributed by atoms with van der Waals surface area (Å²) in [6, 6.07) is 1.87. The second kappa shape index (κ2) is 3.38. The highest BCUT2D eigenvalue weighted by Crippen LogP contribution is 2.25. The van der Waals surface area contributed by atoms with Crippen LogP contribution < -0.4 is 4.90 Å². The minimum atomic E-state index is 0.0838. The maximum atomic E-state index is 11.8. The summed E-state index contributed by atoms with van der Waals surface area (Å²) < 4.78 is 2.65. The lowest BCUT2D eigenvalue weighted by atomic mass is 10.1. The van der Waals surface area contributed by atoms with Gasteiger partial charge in [0.2, 0.25) is 5.91 Å². The molecule has 0 radical (unpaired) electrons. The Morgan fingerprint density at radius 2 is 2.36 bits per heavy atom. The number of carbonyl (C=O) groups is 1. The van der Waals surface area contributed by atoms with Gasteiger partial charge in [0.05, 0.1) is 0 Å². The minimum Gasteiger partial charge on any atom is -0.300 e. The molecule has 1 aromatic heterocycles. The Bertz CT molecular complexity index is 374. The van der Waals surface area contributed by atoms with E-state index in [1.54, 1.807) is 11.9 Å². The average Bonchev–Trinajstić information content (AvgIpc) is 2.49. The predicted octanol–water partition coefficient (Wildman–Crippen LogP) is 1.65. The van der Waals surface area contributed by atoms with E-state index in [4.69, 9.17) is 0 Å². The second-order valence-electron chi connectivity index (χ2n) is 3.64. The molecule has 76 valence electrons. The molecule has 0 spiro atoms. The van der Waals surface area contributed by atoms with Gasteiger partial charge in [-0.2, -0.15) is 5.10 Å². The molecule has 1 atom stereocenters.